The number of carbonyl (C=O) groups excluding carboxylic acids is 1. The van der Waals surface area contributed by atoms with Gasteiger partial charge >= 0.3 is 0 Å². The Morgan fingerprint density at radius 3 is 2.76 bits per heavy atom. The highest BCUT2D eigenvalue weighted by Crippen LogP contribution is 2.25. The summed E-state index contributed by atoms with van der Waals surface area (Å²) in [5, 5.41) is 10.8. The van der Waals surface area contributed by atoms with Crippen molar-refractivity contribution in [3.05, 3.63) is 27.0 Å². The van der Waals surface area contributed by atoms with Crippen molar-refractivity contribution in [2.45, 2.75) is 46.6 Å². The van der Waals surface area contributed by atoms with Crippen LogP contribution in [0, 0.1) is 13.8 Å². The largest absolute Gasteiger partial charge is 0.395 e. The first-order chi connectivity index (χ1) is 9.93. The highest BCUT2D eigenvalue weighted by Gasteiger charge is 2.21. The number of nitrogens with two attached hydrogens (primary N) is 1. The molecule has 0 aliphatic carbocycles. The molecule has 1 unspecified atom stereocenters. The van der Waals surface area contributed by atoms with Crippen molar-refractivity contribution in [3.8, 4) is 0 Å². The third-order valence-corrected chi connectivity index (χ3v) is 4.53. The average molecular weight is 307 g/mol. The second-order valence-corrected chi connectivity index (χ2v) is 6.33. The average Bonchev–Trinajstić information content (AvgIpc) is 2.94. The predicted octanol–water partition coefficient (Wildman–Crippen LogP) is 2.51. The Bertz CT molecular complexity index is 646. The predicted molar refractivity (Wildman–Crippen MR) is 84.5 cm³/mol. The molecule has 0 saturated heterocycles. The summed E-state index contributed by atoms with van der Waals surface area (Å²) in [7, 11) is 0. The zero-order chi connectivity index (χ0) is 15.6. The van der Waals surface area contributed by atoms with Gasteiger partial charge in [0.2, 0.25) is 0 Å². The number of nitrogens with one attached hydrogen (secondary N) is 2. The van der Waals surface area contributed by atoms with Crippen LogP contribution < -0.4 is 11.1 Å². The van der Waals surface area contributed by atoms with Crippen LogP contribution >= 0.6 is 11.3 Å². The molecule has 1 amide bonds. The Hall–Kier alpha value is -1.89. The summed E-state index contributed by atoms with van der Waals surface area (Å²) in [6, 6.07) is -0.116. The first-order valence-corrected chi connectivity index (χ1v) is 7.83. The summed E-state index contributed by atoms with van der Waals surface area (Å²) in [6.07, 6.45) is 1.73. The molecule has 114 valence electrons. The third kappa shape index (κ3) is 3.24. The topological polar surface area (TPSA) is 96.7 Å². The number of hydrogen-bond donors (Lipinski definition) is 3. The fourth-order valence-electron chi connectivity index (χ4n) is 2.28. The fraction of sp³-hybridized carbons (Fsp3) is 0.500. The minimum Gasteiger partial charge on any atom is -0.395 e. The minimum absolute atomic E-state index is 0.116. The van der Waals surface area contributed by atoms with Gasteiger partial charge in [-0.3, -0.25) is 9.89 Å². The van der Waals surface area contributed by atoms with Crippen LogP contribution in [0.1, 0.15) is 58.1 Å². The van der Waals surface area contributed by atoms with E-state index in [0.717, 1.165) is 34.1 Å². The molecule has 0 aliphatic heterocycles. The Balaban J connectivity index is 2.12. The van der Waals surface area contributed by atoms with Gasteiger partial charge in [-0.25, -0.2) is 4.98 Å². The van der Waals surface area contributed by atoms with Crippen molar-refractivity contribution in [2.75, 3.05) is 5.73 Å². The monoisotopic (exact) mass is 307 g/mol. The highest BCUT2D eigenvalue weighted by atomic mass is 32.1. The lowest BCUT2D eigenvalue weighted by molar-refractivity contribution is 0.0936. The van der Waals surface area contributed by atoms with Gasteiger partial charge in [0.1, 0.15) is 0 Å². The number of H-pyrrole nitrogens is 1. The van der Waals surface area contributed by atoms with Gasteiger partial charge in [0.25, 0.3) is 5.91 Å². The first-order valence-electron chi connectivity index (χ1n) is 7.01. The molecule has 0 aromatic carbocycles. The van der Waals surface area contributed by atoms with Crippen LogP contribution in [0.2, 0.25) is 0 Å². The van der Waals surface area contributed by atoms with E-state index >= 15 is 0 Å². The molecule has 0 spiro atoms. The number of carbonyl (C=O) groups is 1. The minimum atomic E-state index is -0.260. The molecular weight excluding hydrogens is 286 g/mol. The van der Waals surface area contributed by atoms with Crippen molar-refractivity contribution in [1.82, 2.24) is 20.5 Å². The van der Waals surface area contributed by atoms with Crippen LogP contribution in [0.4, 0.5) is 5.69 Å². The molecule has 0 saturated carbocycles. The van der Waals surface area contributed by atoms with Gasteiger partial charge in [0.05, 0.1) is 28.1 Å². The second-order valence-electron chi connectivity index (χ2n) is 5.09. The second kappa shape index (κ2) is 6.26. The number of hydrogen-bond acceptors (Lipinski definition) is 5. The van der Waals surface area contributed by atoms with E-state index in [4.69, 9.17) is 5.73 Å². The zero-order valence-electron chi connectivity index (χ0n) is 12.8. The van der Waals surface area contributed by atoms with Crippen LogP contribution in [-0.4, -0.2) is 21.1 Å². The lowest BCUT2D eigenvalue weighted by Gasteiger charge is -2.12. The number of nitrogen functional groups attached to an aromatic ring is 1. The van der Waals surface area contributed by atoms with E-state index in [1.807, 2.05) is 20.8 Å². The number of thiazole rings is 1. The number of anilines is 1. The highest BCUT2D eigenvalue weighted by molar-refractivity contribution is 7.11. The van der Waals surface area contributed by atoms with Crippen molar-refractivity contribution in [3.63, 3.8) is 0 Å². The molecule has 1 atom stereocenters. The number of aromatic nitrogens is 3. The van der Waals surface area contributed by atoms with Crippen molar-refractivity contribution in [2.24, 2.45) is 0 Å². The molecule has 2 heterocycles. The Labute approximate surface area is 128 Å². The van der Waals surface area contributed by atoms with Crippen LogP contribution in [0.15, 0.2) is 0 Å². The third-order valence-electron chi connectivity index (χ3n) is 3.28. The SMILES string of the molecule is CCCc1[nH]nc(C(=O)NC(C)c2sc(C)nc2C)c1N. The van der Waals surface area contributed by atoms with Gasteiger partial charge in [-0.2, -0.15) is 5.10 Å². The molecule has 7 heteroatoms. The van der Waals surface area contributed by atoms with Gasteiger partial charge in [0, 0.05) is 4.88 Å². The van der Waals surface area contributed by atoms with Crippen molar-refractivity contribution in [1.29, 1.82) is 0 Å². The lowest BCUT2D eigenvalue weighted by Crippen LogP contribution is -2.27. The number of aromatic amines is 1. The molecule has 2 aromatic heterocycles. The lowest BCUT2D eigenvalue weighted by atomic mass is 10.2. The van der Waals surface area contributed by atoms with Gasteiger partial charge in [0.15, 0.2) is 5.69 Å². The van der Waals surface area contributed by atoms with E-state index in [1.54, 1.807) is 11.3 Å². The maximum atomic E-state index is 12.3. The molecule has 21 heavy (non-hydrogen) atoms. The van der Waals surface area contributed by atoms with Crippen molar-refractivity contribution >= 4 is 22.9 Å². The van der Waals surface area contributed by atoms with Gasteiger partial charge in [-0.05, 0) is 27.2 Å². The van der Waals surface area contributed by atoms with Crippen molar-refractivity contribution < 1.29 is 4.79 Å². The van der Waals surface area contributed by atoms with E-state index in [2.05, 4.69) is 27.4 Å². The molecule has 6 nitrogen and oxygen atoms in total. The van der Waals surface area contributed by atoms with Crippen LogP contribution in [0.3, 0.4) is 0 Å². The normalized spacial score (nSPS) is 12.4. The molecule has 4 N–H and O–H groups in total. The molecule has 2 rings (SSSR count). The van der Waals surface area contributed by atoms with E-state index in [1.165, 1.54) is 0 Å². The summed E-state index contributed by atoms with van der Waals surface area (Å²) in [4.78, 5) is 17.7. The van der Waals surface area contributed by atoms with Gasteiger partial charge in [-0.1, -0.05) is 13.3 Å². The summed E-state index contributed by atoms with van der Waals surface area (Å²) >= 11 is 1.59. The molecule has 2 aromatic rings. The molecule has 0 aliphatic rings. The standard InChI is InChI=1S/C14H21N5OS/c1-5-6-10-11(15)12(19-18-10)14(20)17-8(3)13-7(2)16-9(4)21-13/h8H,5-6,15H2,1-4H3,(H,17,20)(H,18,19). The summed E-state index contributed by atoms with van der Waals surface area (Å²) in [6.45, 7) is 7.90. The molecular formula is C14H21N5OS. The molecule has 0 bridgehead atoms. The zero-order valence-corrected chi connectivity index (χ0v) is 13.6. The van der Waals surface area contributed by atoms with E-state index < -0.39 is 0 Å². The quantitative estimate of drug-likeness (QED) is 0.790. The smallest absolute Gasteiger partial charge is 0.274 e. The maximum Gasteiger partial charge on any atom is 0.274 e. The van der Waals surface area contributed by atoms with E-state index in [9.17, 15) is 4.79 Å². The summed E-state index contributed by atoms with van der Waals surface area (Å²) in [5.74, 6) is -0.260. The maximum absolute atomic E-state index is 12.3. The Morgan fingerprint density at radius 2 is 2.19 bits per heavy atom. The number of rotatable bonds is 5. The molecule has 0 radical (unpaired) electrons. The van der Waals surface area contributed by atoms with E-state index in [-0.39, 0.29) is 17.6 Å². The van der Waals surface area contributed by atoms with Gasteiger partial charge in [-0.15, -0.1) is 11.3 Å². The Kier molecular flexibility index (Phi) is 4.62. The number of aryl methyl sites for hydroxylation is 3. The van der Waals surface area contributed by atoms with Crippen LogP contribution in [0.5, 0.6) is 0 Å². The molecule has 0 fully saturated rings. The Morgan fingerprint density at radius 1 is 1.48 bits per heavy atom. The summed E-state index contributed by atoms with van der Waals surface area (Å²) < 4.78 is 0. The van der Waals surface area contributed by atoms with Crippen LogP contribution in [-0.2, 0) is 6.42 Å². The summed E-state index contributed by atoms with van der Waals surface area (Å²) in [5.41, 5.74) is 8.46. The van der Waals surface area contributed by atoms with Crippen LogP contribution in [0.25, 0.3) is 0 Å². The van der Waals surface area contributed by atoms with Gasteiger partial charge < -0.3 is 11.1 Å². The number of nitrogens with zero attached hydrogens (tertiary/aromatic N) is 2. The number of amides is 1. The first kappa shape index (κ1) is 15.5. The van der Waals surface area contributed by atoms with E-state index in [0.29, 0.717) is 5.69 Å². The fourth-order valence-corrected chi connectivity index (χ4v) is 3.21.